The number of carbonyl (C=O) groups is 1. The number of rotatable bonds is 4. The second-order valence-electron chi connectivity index (χ2n) is 6.34. The van der Waals surface area contributed by atoms with Crippen LogP contribution in [-0.2, 0) is 4.79 Å². The van der Waals surface area contributed by atoms with Crippen LogP contribution in [0.25, 0.3) is 0 Å². The number of hydrogen-bond donors (Lipinski definition) is 1. The van der Waals surface area contributed by atoms with Crippen molar-refractivity contribution in [3.05, 3.63) is 0 Å². The summed E-state index contributed by atoms with van der Waals surface area (Å²) in [6, 6.07) is 0.462. The van der Waals surface area contributed by atoms with Crippen molar-refractivity contribution < 1.29 is 4.79 Å². The summed E-state index contributed by atoms with van der Waals surface area (Å²) >= 11 is 0. The van der Waals surface area contributed by atoms with E-state index in [1.807, 2.05) is 11.9 Å². The first-order valence-corrected chi connectivity index (χ1v) is 7.60. The highest BCUT2D eigenvalue weighted by molar-refractivity contribution is 5.84. The second kappa shape index (κ2) is 5.60. The van der Waals surface area contributed by atoms with Crippen LogP contribution in [-0.4, -0.2) is 30.4 Å². The fourth-order valence-corrected chi connectivity index (χ4v) is 3.59. The molecule has 0 spiro atoms. The Labute approximate surface area is 111 Å². The Balaban J connectivity index is 1.91. The lowest BCUT2D eigenvalue weighted by molar-refractivity contribution is -0.148. The fourth-order valence-electron chi connectivity index (χ4n) is 3.59. The fraction of sp³-hybridized carbons (Fsp3) is 0.933. The van der Waals surface area contributed by atoms with E-state index in [4.69, 9.17) is 5.73 Å². The molecule has 0 unspecified atom stereocenters. The molecule has 0 aromatic carbocycles. The summed E-state index contributed by atoms with van der Waals surface area (Å²) in [7, 11) is 2.00. The van der Waals surface area contributed by atoms with Crippen molar-refractivity contribution in [1.29, 1.82) is 0 Å². The monoisotopic (exact) mass is 252 g/mol. The Morgan fingerprint density at radius 2 is 1.89 bits per heavy atom. The molecule has 0 radical (unpaired) electrons. The van der Waals surface area contributed by atoms with Crippen LogP contribution in [0.15, 0.2) is 0 Å². The maximum atomic E-state index is 12.6. The lowest BCUT2D eigenvalue weighted by Crippen LogP contribution is -2.53. The summed E-state index contributed by atoms with van der Waals surface area (Å²) in [6.07, 6.45) is 9.38. The molecule has 2 aliphatic rings. The summed E-state index contributed by atoms with van der Waals surface area (Å²) in [5, 5.41) is 0. The van der Waals surface area contributed by atoms with Crippen molar-refractivity contribution in [3.8, 4) is 0 Å². The Morgan fingerprint density at radius 3 is 2.28 bits per heavy atom. The first-order valence-electron chi connectivity index (χ1n) is 7.60. The molecule has 0 aliphatic heterocycles. The average molecular weight is 252 g/mol. The molecule has 104 valence electrons. The van der Waals surface area contributed by atoms with Crippen LogP contribution in [0.1, 0.15) is 58.3 Å². The Kier molecular flexibility index (Phi) is 4.31. The smallest absolute Gasteiger partial charge is 0.230 e. The van der Waals surface area contributed by atoms with Gasteiger partial charge in [-0.15, -0.1) is 0 Å². The summed E-state index contributed by atoms with van der Waals surface area (Å²) in [6.45, 7) is 2.80. The maximum absolute atomic E-state index is 12.6. The topological polar surface area (TPSA) is 46.3 Å². The van der Waals surface area contributed by atoms with Gasteiger partial charge in [0.2, 0.25) is 5.91 Å². The van der Waals surface area contributed by atoms with Gasteiger partial charge < -0.3 is 10.6 Å². The van der Waals surface area contributed by atoms with Crippen LogP contribution in [0.2, 0.25) is 0 Å². The number of amides is 1. The molecule has 3 nitrogen and oxygen atoms in total. The van der Waals surface area contributed by atoms with Gasteiger partial charge in [0.15, 0.2) is 0 Å². The van der Waals surface area contributed by atoms with E-state index in [2.05, 4.69) is 6.92 Å². The first kappa shape index (κ1) is 13.9. The Morgan fingerprint density at radius 1 is 1.28 bits per heavy atom. The molecule has 2 rings (SSSR count). The second-order valence-corrected chi connectivity index (χ2v) is 6.34. The van der Waals surface area contributed by atoms with Crippen molar-refractivity contribution in [2.75, 3.05) is 13.6 Å². The molecular formula is C15H28N2O. The molecule has 0 atom stereocenters. The molecule has 0 aromatic heterocycles. The predicted octanol–water partition coefficient (Wildman–Crippen LogP) is 2.54. The van der Waals surface area contributed by atoms with Gasteiger partial charge in [-0.05, 0) is 44.4 Å². The third-order valence-corrected chi connectivity index (χ3v) is 5.42. The molecule has 2 N–H and O–H groups in total. The molecule has 0 bridgehead atoms. The third kappa shape index (κ3) is 2.42. The summed E-state index contributed by atoms with van der Waals surface area (Å²) in [4.78, 5) is 14.6. The third-order valence-electron chi connectivity index (χ3n) is 5.42. The van der Waals surface area contributed by atoms with E-state index in [9.17, 15) is 4.79 Å². The molecule has 0 saturated heterocycles. The largest absolute Gasteiger partial charge is 0.342 e. The van der Waals surface area contributed by atoms with E-state index in [0.29, 0.717) is 18.5 Å². The van der Waals surface area contributed by atoms with Crippen molar-refractivity contribution in [2.45, 2.75) is 64.3 Å². The highest BCUT2D eigenvalue weighted by atomic mass is 16.2. The van der Waals surface area contributed by atoms with Crippen LogP contribution in [0.4, 0.5) is 0 Å². The zero-order chi connectivity index (χ0) is 13.2. The SMILES string of the molecule is CCC1CCC(N(C)C(=O)C2(CN)CCC2)CC1. The van der Waals surface area contributed by atoms with E-state index >= 15 is 0 Å². The van der Waals surface area contributed by atoms with Gasteiger partial charge in [0.1, 0.15) is 0 Å². The molecule has 2 saturated carbocycles. The summed E-state index contributed by atoms with van der Waals surface area (Å²) in [5.74, 6) is 1.20. The number of nitrogens with two attached hydrogens (primary N) is 1. The van der Waals surface area contributed by atoms with Crippen LogP contribution >= 0.6 is 0 Å². The number of nitrogens with zero attached hydrogens (tertiary/aromatic N) is 1. The molecule has 0 aromatic rings. The average Bonchev–Trinajstić information content (AvgIpc) is 2.37. The lowest BCUT2D eigenvalue weighted by Gasteiger charge is -2.45. The molecule has 1 amide bonds. The van der Waals surface area contributed by atoms with Crippen LogP contribution in [0.3, 0.4) is 0 Å². The van der Waals surface area contributed by atoms with Crippen molar-refractivity contribution >= 4 is 5.91 Å². The highest BCUT2D eigenvalue weighted by Crippen LogP contribution is 2.42. The number of hydrogen-bond acceptors (Lipinski definition) is 2. The lowest BCUT2D eigenvalue weighted by atomic mass is 9.67. The molecule has 3 heteroatoms. The molecule has 18 heavy (non-hydrogen) atoms. The van der Waals surface area contributed by atoms with Gasteiger partial charge in [-0.25, -0.2) is 0 Å². The minimum atomic E-state index is -0.198. The van der Waals surface area contributed by atoms with Crippen LogP contribution < -0.4 is 5.73 Å². The normalized spacial score (nSPS) is 30.6. The van der Waals surface area contributed by atoms with Gasteiger partial charge in [0.05, 0.1) is 5.41 Å². The van der Waals surface area contributed by atoms with Gasteiger partial charge in [0.25, 0.3) is 0 Å². The van der Waals surface area contributed by atoms with Gasteiger partial charge >= 0.3 is 0 Å². The highest BCUT2D eigenvalue weighted by Gasteiger charge is 2.45. The number of carbonyl (C=O) groups excluding carboxylic acids is 1. The van der Waals surface area contributed by atoms with Crippen molar-refractivity contribution in [1.82, 2.24) is 4.90 Å². The Bertz CT molecular complexity index is 285. The van der Waals surface area contributed by atoms with E-state index in [1.54, 1.807) is 0 Å². The van der Waals surface area contributed by atoms with Gasteiger partial charge in [-0.3, -0.25) is 4.79 Å². The first-order chi connectivity index (χ1) is 8.63. The molecule has 2 aliphatic carbocycles. The van der Waals surface area contributed by atoms with E-state index < -0.39 is 0 Å². The standard InChI is InChI=1S/C15H28N2O/c1-3-12-5-7-13(8-6-12)17(2)14(18)15(11-16)9-4-10-15/h12-13H,3-11,16H2,1-2H3. The molecular weight excluding hydrogens is 224 g/mol. The van der Waals surface area contributed by atoms with Crippen LogP contribution in [0.5, 0.6) is 0 Å². The maximum Gasteiger partial charge on any atom is 0.230 e. The minimum absolute atomic E-state index is 0.198. The quantitative estimate of drug-likeness (QED) is 0.835. The molecule has 0 heterocycles. The van der Waals surface area contributed by atoms with Gasteiger partial charge in [-0.1, -0.05) is 19.8 Å². The minimum Gasteiger partial charge on any atom is -0.342 e. The van der Waals surface area contributed by atoms with Crippen molar-refractivity contribution in [2.24, 2.45) is 17.1 Å². The Hall–Kier alpha value is -0.570. The van der Waals surface area contributed by atoms with Gasteiger partial charge in [-0.2, -0.15) is 0 Å². The van der Waals surface area contributed by atoms with E-state index in [-0.39, 0.29) is 5.41 Å². The zero-order valence-corrected chi connectivity index (χ0v) is 12.0. The molecule has 2 fully saturated rings. The van der Waals surface area contributed by atoms with Crippen molar-refractivity contribution in [3.63, 3.8) is 0 Å². The summed E-state index contributed by atoms with van der Waals surface area (Å²) < 4.78 is 0. The van der Waals surface area contributed by atoms with Crippen LogP contribution in [0, 0.1) is 11.3 Å². The van der Waals surface area contributed by atoms with E-state index in [0.717, 1.165) is 18.8 Å². The van der Waals surface area contributed by atoms with E-state index in [1.165, 1.54) is 38.5 Å². The predicted molar refractivity (Wildman–Crippen MR) is 74.1 cm³/mol. The van der Waals surface area contributed by atoms with Gasteiger partial charge in [0, 0.05) is 19.6 Å². The zero-order valence-electron chi connectivity index (χ0n) is 12.0. The summed E-state index contributed by atoms with van der Waals surface area (Å²) in [5.41, 5.74) is 5.64.